The van der Waals surface area contributed by atoms with Crippen molar-refractivity contribution in [2.24, 2.45) is 0 Å². The minimum atomic E-state index is -0.768. The number of amides is 2. The van der Waals surface area contributed by atoms with E-state index in [2.05, 4.69) is 20.9 Å². The molecule has 0 aliphatic carbocycles. The van der Waals surface area contributed by atoms with Crippen molar-refractivity contribution in [3.63, 3.8) is 0 Å². The molecule has 1 aliphatic rings. The number of nitrogens with one attached hydrogen (secondary N) is 3. The minimum absolute atomic E-state index is 0.189. The molecule has 2 aromatic rings. The van der Waals surface area contributed by atoms with Crippen LogP contribution in [0.1, 0.15) is 35.7 Å². The summed E-state index contributed by atoms with van der Waals surface area (Å²) in [5.74, 6) is -0.903. The van der Waals surface area contributed by atoms with Crippen molar-refractivity contribution < 1.29 is 19.1 Å². The largest absolute Gasteiger partial charge is 0.464 e. The van der Waals surface area contributed by atoms with E-state index in [-0.39, 0.29) is 24.5 Å². The lowest BCUT2D eigenvalue weighted by Gasteiger charge is -2.20. The number of hydrogen-bond acceptors (Lipinski definition) is 6. The molecule has 1 aromatic carbocycles. The molecule has 1 aromatic heterocycles. The maximum absolute atomic E-state index is 12.4. The van der Waals surface area contributed by atoms with Crippen molar-refractivity contribution in [2.45, 2.75) is 38.3 Å². The number of ether oxygens (including phenoxy) is 1. The van der Waals surface area contributed by atoms with Gasteiger partial charge in [-0.2, -0.15) is 0 Å². The maximum Gasteiger partial charge on any atom is 0.328 e. The van der Waals surface area contributed by atoms with Gasteiger partial charge >= 0.3 is 5.97 Å². The molecule has 0 unspecified atom stereocenters. The number of aromatic nitrogens is 1. The summed E-state index contributed by atoms with van der Waals surface area (Å²) in [7, 11) is 0. The zero-order chi connectivity index (χ0) is 21.3. The van der Waals surface area contributed by atoms with Gasteiger partial charge in [-0.25, -0.2) is 4.79 Å². The molecule has 3 N–H and O–H groups in total. The molecule has 1 aliphatic heterocycles. The molecule has 0 bridgehead atoms. The Labute approximate surface area is 175 Å². The van der Waals surface area contributed by atoms with Crippen LogP contribution in [0.25, 0.3) is 0 Å². The fraction of sp³-hybridized carbons (Fsp3) is 0.364. The van der Waals surface area contributed by atoms with Gasteiger partial charge in [0, 0.05) is 24.5 Å². The summed E-state index contributed by atoms with van der Waals surface area (Å²) in [5, 5.41) is 8.74. The van der Waals surface area contributed by atoms with E-state index in [9.17, 15) is 14.4 Å². The number of anilines is 1. The van der Waals surface area contributed by atoms with Gasteiger partial charge in [0.05, 0.1) is 18.2 Å². The van der Waals surface area contributed by atoms with Gasteiger partial charge in [0.25, 0.3) is 5.91 Å². The number of carbonyl (C=O) groups is 3. The van der Waals surface area contributed by atoms with Crippen molar-refractivity contribution in [1.29, 1.82) is 0 Å². The summed E-state index contributed by atoms with van der Waals surface area (Å²) < 4.78 is 5.13. The molecule has 2 heterocycles. The Balaban J connectivity index is 1.62. The molecule has 158 valence electrons. The van der Waals surface area contributed by atoms with E-state index in [1.54, 1.807) is 37.4 Å². The molecule has 1 saturated heterocycles. The monoisotopic (exact) mass is 410 g/mol. The van der Waals surface area contributed by atoms with Crippen molar-refractivity contribution in [2.75, 3.05) is 18.5 Å². The van der Waals surface area contributed by atoms with Crippen LogP contribution in [0.5, 0.6) is 0 Å². The minimum Gasteiger partial charge on any atom is -0.464 e. The smallest absolute Gasteiger partial charge is 0.328 e. The molecule has 30 heavy (non-hydrogen) atoms. The first-order valence-electron chi connectivity index (χ1n) is 10.1. The first-order chi connectivity index (χ1) is 14.6. The van der Waals surface area contributed by atoms with Crippen LogP contribution in [0.4, 0.5) is 5.69 Å². The number of benzene rings is 1. The van der Waals surface area contributed by atoms with Gasteiger partial charge in [-0.1, -0.05) is 12.1 Å². The van der Waals surface area contributed by atoms with E-state index in [0.29, 0.717) is 17.7 Å². The Hall–Kier alpha value is -3.26. The second-order valence-corrected chi connectivity index (χ2v) is 7.06. The van der Waals surface area contributed by atoms with Crippen molar-refractivity contribution >= 4 is 23.5 Å². The number of nitrogens with zero attached hydrogens (tertiary/aromatic N) is 1. The summed E-state index contributed by atoms with van der Waals surface area (Å²) in [6, 6.07) is 9.47. The highest BCUT2D eigenvalue weighted by atomic mass is 16.5. The third kappa shape index (κ3) is 5.87. The lowest BCUT2D eigenvalue weighted by molar-refractivity contribution is -0.147. The SMILES string of the molecule is CCOC(=O)[C@H](Cc1ccc(NC(=O)c2cccnc2)cc1)NC(=O)[C@@H]1CCCN1. The predicted octanol–water partition coefficient (Wildman–Crippen LogP) is 1.68. The number of hydrogen-bond donors (Lipinski definition) is 3. The van der Waals surface area contributed by atoms with Crippen LogP contribution in [0, 0.1) is 0 Å². The fourth-order valence-electron chi connectivity index (χ4n) is 3.28. The molecule has 2 atom stereocenters. The van der Waals surface area contributed by atoms with Gasteiger partial charge in [-0.15, -0.1) is 0 Å². The zero-order valence-corrected chi connectivity index (χ0v) is 16.9. The Kier molecular flexibility index (Phi) is 7.51. The van der Waals surface area contributed by atoms with Crippen molar-refractivity contribution in [1.82, 2.24) is 15.6 Å². The van der Waals surface area contributed by atoms with Crippen molar-refractivity contribution in [3.8, 4) is 0 Å². The summed E-state index contributed by atoms with van der Waals surface area (Å²) in [6.45, 7) is 2.77. The normalized spacial score (nSPS) is 16.5. The molecule has 8 heteroatoms. The zero-order valence-electron chi connectivity index (χ0n) is 16.9. The van der Waals surface area contributed by atoms with Crippen LogP contribution in [-0.4, -0.2) is 48.0 Å². The molecule has 8 nitrogen and oxygen atoms in total. The molecular formula is C22H26N4O4. The van der Waals surface area contributed by atoms with E-state index in [1.807, 2.05) is 12.1 Å². The lowest BCUT2D eigenvalue weighted by atomic mass is 10.0. The molecule has 0 spiro atoms. The quantitative estimate of drug-likeness (QED) is 0.571. The van der Waals surface area contributed by atoms with E-state index >= 15 is 0 Å². The Morgan fingerprint density at radius 2 is 2.03 bits per heavy atom. The topological polar surface area (TPSA) is 109 Å². The number of esters is 1. The van der Waals surface area contributed by atoms with Crippen LogP contribution in [0.3, 0.4) is 0 Å². The summed E-state index contributed by atoms with van der Waals surface area (Å²) in [4.78, 5) is 40.9. The Bertz CT molecular complexity index is 864. The molecular weight excluding hydrogens is 384 g/mol. The second kappa shape index (κ2) is 10.5. The Morgan fingerprint density at radius 3 is 2.67 bits per heavy atom. The van der Waals surface area contributed by atoms with Crippen LogP contribution in [0.15, 0.2) is 48.8 Å². The number of carbonyl (C=O) groups excluding carboxylic acids is 3. The Morgan fingerprint density at radius 1 is 1.23 bits per heavy atom. The number of pyridine rings is 1. The second-order valence-electron chi connectivity index (χ2n) is 7.06. The highest BCUT2D eigenvalue weighted by molar-refractivity contribution is 6.04. The van der Waals surface area contributed by atoms with E-state index in [1.165, 1.54) is 6.20 Å². The summed E-state index contributed by atoms with van der Waals surface area (Å²) in [6.07, 6.45) is 5.10. The van der Waals surface area contributed by atoms with E-state index in [4.69, 9.17) is 4.74 Å². The van der Waals surface area contributed by atoms with Gasteiger partial charge in [0.2, 0.25) is 5.91 Å². The third-order valence-corrected chi connectivity index (χ3v) is 4.84. The van der Waals surface area contributed by atoms with Crippen molar-refractivity contribution in [3.05, 3.63) is 59.9 Å². The van der Waals surface area contributed by atoms with Gasteiger partial charge in [-0.05, 0) is 56.1 Å². The lowest BCUT2D eigenvalue weighted by Crippen LogP contribution is -2.49. The van der Waals surface area contributed by atoms with Gasteiger partial charge in [0.1, 0.15) is 6.04 Å². The van der Waals surface area contributed by atoms with E-state index in [0.717, 1.165) is 24.9 Å². The first kappa shape index (κ1) is 21.4. The third-order valence-electron chi connectivity index (χ3n) is 4.84. The average Bonchev–Trinajstić information content (AvgIpc) is 3.30. The number of rotatable bonds is 8. The van der Waals surface area contributed by atoms with Crippen LogP contribution in [0.2, 0.25) is 0 Å². The van der Waals surface area contributed by atoms with Crippen LogP contribution < -0.4 is 16.0 Å². The molecule has 3 rings (SSSR count). The molecule has 0 radical (unpaired) electrons. The molecule has 2 amide bonds. The highest BCUT2D eigenvalue weighted by Crippen LogP contribution is 2.14. The fourth-order valence-corrected chi connectivity index (χ4v) is 3.28. The maximum atomic E-state index is 12.4. The van der Waals surface area contributed by atoms with Crippen LogP contribution >= 0.6 is 0 Å². The van der Waals surface area contributed by atoms with Crippen LogP contribution in [-0.2, 0) is 20.7 Å². The summed E-state index contributed by atoms with van der Waals surface area (Å²) >= 11 is 0. The average molecular weight is 410 g/mol. The molecule has 1 fully saturated rings. The van der Waals surface area contributed by atoms with Gasteiger partial charge < -0.3 is 20.7 Å². The standard InChI is InChI=1S/C22H26N4O4/c1-2-30-22(29)19(26-21(28)18-6-4-12-24-18)13-15-7-9-17(10-8-15)25-20(27)16-5-3-11-23-14-16/h3,5,7-11,14,18-19,24H,2,4,6,12-13H2,1H3,(H,25,27)(H,26,28)/t18-,19-/m0/s1. The van der Waals surface area contributed by atoms with Gasteiger partial charge in [-0.3, -0.25) is 14.6 Å². The van der Waals surface area contributed by atoms with Gasteiger partial charge in [0.15, 0.2) is 0 Å². The predicted molar refractivity (Wildman–Crippen MR) is 112 cm³/mol. The highest BCUT2D eigenvalue weighted by Gasteiger charge is 2.28. The summed E-state index contributed by atoms with van der Waals surface area (Å²) in [5.41, 5.74) is 1.93. The molecule has 0 saturated carbocycles. The van der Waals surface area contributed by atoms with E-state index < -0.39 is 12.0 Å². The first-order valence-corrected chi connectivity index (χ1v) is 10.1.